The van der Waals surface area contributed by atoms with E-state index in [1.54, 1.807) is 6.92 Å². The predicted octanol–water partition coefficient (Wildman–Crippen LogP) is 1.48. The average Bonchev–Trinajstić information content (AvgIpc) is 2.57. The van der Waals surface area contributed by atoms with Gasteiger partial charge < -0.3 is 40.5 Å². The van der Waals surface area contributed by atoms with Gasteiger partial charge in [-0.1, -0.05) is 0 Å². The second-order valence-electron chi connectivity index (χ2n) is 4.75. The van der Waals surface area contributed by atoms with Crippen LogP contribution in [0.25, 0.3) is 0 Å². The fraction of sp³-hybridized carbons (Fsp3) is 0.125. The van der Waals surface area contributed by atoms with Crippen molar-refractivity contribution in [2.75, 3.05) is 6.61 Å². The van der Waals surface area contributed by atoms with Crippen molar-refractivity contribution in [3.8, 4) is 34.5 Å². The zero-order chi connectivity index (χ0) is 20.0. The minimum Gasteiger partial charge on any atom is -0.504 e. The van der Waals surface area contributed by atoms with Crippen LogP contribution in [0.15, 0.2) is 24.3 Å². The molecule has 0 radical (unpaired) electrons. The fourth-order valence-corrected chi connectivity index (χ4v) is 1.66. The third kappa shape index (κ3) is 4.84. The summed E-state index contributed by atoms with van der Waals surface area (Å²) in [5, 5.41) is 62.1. The van der Waals surface area contributed by atoms with Gasteiger partial charge in [-0.05, 0) is 31.2 Å². The van der Waals surface area contributed by atoms with E-state index in [0.29, 0.717) is 0 Å². The molecule has 0 spiro atoms. The number of aromatic hydroxyl groups is 6. The van der Waals surface area contributed by atoms with Crippen LogP contribution < -0.4 is 0 Å². The maximum atomic E-state index is 11.1. The van der Waals surface area contributed by atoms with Crippen LogP contribution in [0, 0.1) is 0 Å². The first kappa shape index (κ1) is 20.2. The molecular weight excluding hydrogens is 352 g/mol. The molecule has 7 N–H and O–H groups in total. The third-order valence-corrected chi connectivity index (χ3v) is 2.90. The molecule has 10 nitrogen and oxygen atoms in total. The van der Waals surface area contributed by atoms with Gasteiger partial charge in [0.05, 0.1) is 17.7 Å². The fourth-order valence-electron chi connectivity index (χ4n) is 1.66. The highest BCUT2D eigenvalue weighted by Crippen LogP contribution is 2.36. The minimum absolute atomic E-state index is 0.0142. The summed E-state index contributed by atoms with van der Waals surface area (Å²) in [4.78, 5) is 21.4. The van der Waals surface area contributed by atoms with Gasteiger partial charge in [0.1, 0.15) is 0 Å². The zero-order valence-electron chi connectivity index (χ0n) is 13.4. The van der Waals surface area contributed by atoms with E-state index < -0.39 is 46.4 Å². The van der Waals surface area contributed by atoms with Gasteiger partial charge in [-0.15, -0.1) is 0 Å². The van der Waals surface area contributed by atoms with Gasteiger partial charge in [-0.25, -0.2) is 9.59 Å². The van der Waals surface area contributed by atoms with Crippen LogP contribution in [-0.4, -0.2) is 54.3 Å². The molecule has 0 amide bonds. The highest BCUT2D eigenvalue weighted by molar-refractivity contribution is 5.91. The molecule has 0 heterocycles. The number of carbonyl (C=O) groups is 2. The molecule has 26 heavy (non-hydrogen) atoms. The first-order valence-electron chi connectivity index (χ1n) is 6.98. The first-order valence-corrected chi connectivity index (χ1v) is 6.98. The maximum absolute atomic E-state index is 11.1. The second-order valence-corrected chi connectivity index (χ2v) is 4.75. The van der Waals surface area contributed by atoms with Crippen LogP contribution in [0.1, 0.15) is 27.6 Å². The van der Waals surface area contributed by atoms with Crippen LogP contribution in [0.2, 0.25) is 0 Å². The van der Waals surface area contributed by atoms with Crippen molar-refractivity contribution in [1.82, 2.24) is 0 Å². The highest BCUT2D eigenvalue weighted by atomic mass is 16.5. The zero-order valence-corrected chi connectivity index (χ0v) is 13.4. The normalized spacial score (nSPS) is 9.73. The quantitative estimate of drug-likeness (QED) is 0.309. The molecular formula is C16H16O10. The topological polar surface area (TPSA) is 185 Å². The Labute approximate surface area is 146 Å². The molecule has 0 unspecified atom stereocenters. The van der Waals surface area contributed by atoms with Crippen molar-refractivity contribution >= 4 is 11.9 Å². The van der Waals surface area contributed by atoms with E-state index in [-0.39, 0.29) is 17.7 Å². The highest BCUT2D eigenvalue weighted by Gasteiger charge is 2.14. The number of hydrogen-bond acceptors (Lipinski definition) is 9. The lowest BCUT2D eigenvalue weighted by Gasteiger charge is -2.04. The van der Waals surface area contributed by atoms with E-state index in [9.17, 15) is 9.59 Å². The van der Waals surface area contributed by atoms with Crippen molar-refractivity contribution in [3.63, 3.8) is 0 Å². The van der Waals surface area contributed by atoms with Gasteiger partial charge in [0.15, 0.2) is 34.5 Å². The summed E-state index contributed by atoms with van der Waals surface area (Å²) in [6.07, 6.45) is 0. The number of carboxylic acid groups (broad SMARTS) is 1. The van der Waals surface area contributed by atoms with Crippen LogP contribution in [0.5, 0.6) is 34.5 Å². The Hall–Kier alpha value is -3.82. The molecule has 0 bridgehead atoms. The lowest BCUT2D eigenvalue weighted by Crippen LogP contribution is -2.04. The van der Waals surface area contributed by atoms with Crippen LogP contribution >= 0.6 is 0 Å². The number of hydrogen-bond donors (Lipinski definition) is 7. The predicted molar refractivity (Wildman–Crippen MR) is 85.8 cm³/mol. The van der Waals surface area contributed by atoms with Gasteiger partial charge in [0.2, 0.25) is 0 Å². The van der Waals surface area contributed by atoms with Crippen LogP contribution in [-0.2, 0) is 4.74 Å². The summed E-state index contributed by atoms with van der Waals surface area (Å²) in [5.74, 6) is -5.78. The van der Waals surface area contributed by atoms with E-state index in [1.807, 2.05) is 0 Å². The third-order valence-electron chi connectivity index (χ3n) is 2.90. The largest absolute Gasteiger partial charge is 0.504 e. The van der Waals surface area contributed by atoms with Crippen LogP contribution in [0.4, 0.5) is 0 Å². The smallest absolute Gasteiger partial charge is 0.338 e. The molecule has 0 aliphatic heterocycles. The average molecular weight is 368 g/mol. The summed E-state index contributed by atoms with van der Waals surface area (Å²) in [7, 11) is 0. The SMILES string of the molecule is CCOC(=O)c1cc(O)c(O)c(O)c1.O=C(O)c1cc(O)c(O)c(O)c1. The number of carboxylic acids is 1. The summed E-state index contributed by atoms with van der Waals surface area (Å²) in [6, 6.07) is 3.73. The molecule has 0 atom stereocenters. The molecule has 2 rings (SSSR count). The molecule has 0 saturated heterocycles. The molecule has 0 saturated carbocycles. The standard InChI is InChI=1S/C9H10O5.C7H6O5/c1-2-14-9(13)5-3-6(10)8(12)7(11)4-5;8-4-1-3(7(11)12)2-5(9)6(4)10/h3-4,10-12H,2H2,1H3;1-2,8-10H,(H,11,12). The monoisotopic (exact) mass is 368 g/mol. The van der Waals surface area contributed by atoms with Crippen molar-refractivity contribution in [2.24, 2.45) is 0 Å². The van der Waals surface area contributed by atoms with Gasteiger partial charge in [0, 0.05) is 0 Å². The molecule has 10 heteroatoms. The molecule has 0 aliphatic rings. The summed E-state index contributed by atoms with van der Waals surface area (Å²) >= 11 is 0. The van der Waals surface area contributed by atoms with Gasteiger partial charge in [-0.3, -0.25) is 0 Å². The number of ether oxygens (including phenoxy) is 1. The number of phenolic OH excluding ortho intramolecular Hbond substituents is 6. The van der Waals surface area contributed by atoms with Gasteiger partial charge in [-0.2, -0.15) is 0 Å². The number of rotatable bonds is 3. The Bertz CT molecular complexity index is 782. The lowest BCUT2D eigenvalue weighted by molar-refractivity contribution is 0.0524. The number of carbonyl (C=O) groups excluding carboxylic acids is 1. The van der Waals surface area contributed by atoms with Gasteiger partial charge >= 0.3 is 11.9 Å². The van der Waals surface area contributed by atoms with Crippen molar-refractivity contribution in [2.45, 2.75) is 6.92 Å². The van der Waals surface area contributed by atoms with Crippen LogP contribution in [0.3, 0.4) is 0 Å². The molecule has 0 fully saturated rings. The molecule has 0 aliphatic carbocycles. The number of benzene rings is 2. The van der Waals surface area contributed by atoms with E-state index in [2.05, 4.69) is 4.74 Å². The van der Waals surface area contributed by atoms with E-state index in [4.69, 9.17) is 35.7 Å². The van der Waals surface area contributed by atoms with E-state index >= 15 is 0 Å². The second kappa shape index (κ2) is 8.33. The Balaban J connectivity index is 0.000000263. The minimum atomic E-state index is -1.29. The number of esters is 1. The molecule has 140 valence electrons. The van der Waals surface area contributed by atoms with Gasteiger partial charge in [0.25, 0.3) is 0 Å². The van der Waals surface area contributed by atoms with E-state index in [0.717, 1.165) is 24.3 Å². The van der Waals surface area contributed by atoms with Crippen molar-refractivity contribution in [3.05, 3.63) is 35.4 Å². The first-order chi connectivity index (χ1) is 12.1. The van der Waals surface area contributed by atoms with Crippen molar-refractivity contribution < 1.29 is 50.1 Å². The molecule has 2 aromatic carbocycles. The summed E-state index contributed by atoms with van der Waals surface area (Å²) in [6.45, 7) is 1.83. The Kier molecular flexibility index (Phi) is 6.48. The lowest BCUT2D eigenvalue weighted by atomic mass is 10.2. The molecule has 2 aromatic rings. The van der Waals surface area contributed by atoms with Crippen molar-refractivity contribution in [1.29, 1.82) is 0 Å². The van der Waals surface area contributed by atoms with E-state index in [1.165, 1.54) is 0 Å². The Morgan fingerprint density at radius 2 is 1.12 bits per heavy atom. The maximum Gasteiger partial charge on any atom is 0.338 e. The number of phenols is 6. The molecule has 0 aromatic heterocycles. The Morgan fingerprint density at radius 1 is 0.769 bits per heavy atom. The summed E-state index contributed by atoms with van der Waals surface area (Å²) in [5.41, 5.74) is -0.303. The Morgan fingerprint density at radius 3 is 1.42 bits per heavy atom. The number of aromatic carboxylic acids is 1. The summed E-state index contributed by atoms with van der Waals surface area (Å²) < 4.78 is 4.63.